The van der Waals surface area contributed by atoms with Gasteiger partial charge in [0.15, 0.2) is 18.1 Å². The molecule has 0 saturated heterocycles. The monoisotopic (exact) mass is 383 g/mol. The van der Waals surface area contributed by atoms with Gasteiger partial charge in [-0.2, -0.15) is 0 Å². The van der Waals surface area contributed by atoms with Crippen molar-refractivity contribution in [2.24, 2.45) is 0 Å². The first kappa shape index (κ1) is 19.3. The highest BCUT2D eigenvalue weighted by Gasteiger charge is 2.15. The Hall–Kier alpha value is -3.48. The lowest BCUT2D eigenvalue weighted by atomic mass is 10.1. The number of hydrogen-bond acceptors (Lipinski definition) is 6. The lowest BCUT2D eigenvalue weighted by Gasteiger charge is -2.17. The van der Waals surface area contributed by atoms with Gasteiger partial charge in [0.1, 0.15) is 5.75 Å². The number of carbonyl (C=O) groups excluding carboxylic acids is 2. The number of benzene rings is 2. The predicted octanol–water partition coefficient (Wildman–Crippen LogP) is 2.86. The normalized spacial score (nSPS) is 13.2. The molecule has 7 heteroatoms. The topological polar surface area (TPSA) is 83.1 Å². The minimum Gasteiger partial charge on any atom is -0.496 e. The maximum Gasteiger partial charge on any atom is 0.331 e. The van der Waals surface area contributed by atoms with Crippen LogP contribution in [0.4, 0.5) is 0 Å². The molecule has 3 rings (SSSR count). The summed E-state index contributed by atoms with van der Waals surface area (Å²) in [7, 11) is 1.57. The van der Waals surface area contributed by atoms with E-state index >= 15 is 0 Å². The van der Waals surface area contributed by atoms with Gasteiger partial charge in [-0.3, -0.25) is 4.79 Å². The summed E-state index contributed by atoms with van der Waals surface area (Å²) in [4.78, 5) is 23.9. The quantitative estimate of drug-likeness (QED) is 0.585. The molecule has 1 unspecified atom stereocenters. The molecule has 1 N–H and O–H groups in total. The lowest BCUT2D eigenvalue weighted by molar-refractivity contribution is -0.144. The first-order valence-electron chi connectivity index (χ1n) is 8.73. The fourth-order valence-electron chi connectivity index (χ4n) is 2.75. The highest BCUT2D eigenvalue weighted by atomic mass is 16.7. The van der Waals surface area contributed by atoms with E-state index in [0.717, 1.165) is 11.1 Å². The largest absolute Gasteiger partial charge is 0.496 e. The van der Waals surface area contributed by atoms with Crippen LogP contribution in [0.5, 0.6) is 17.2 Å². The first-order valence-corrected chi connectivity index (χ1v) is 8.73. The number of para-hydroxylation sites is 1. The van der Waals surface area contributed by atoms with Gasteiger partial charge in [0, 0.05) is 11.6 Å². The van der Waals surface area contributed by atoms with Crippen LogP contribution in [0.25, 0.3) is 6.08 Å². The van der Waals surface area contributed by atoms with E-state index in [0.29, 0.717) is 17.2 Å². The van der Waals surface area contributed by atoms with Gasteiger partial charge in [-0.1, -0.05) is 24.3 Å². The number of methoxy groups -OCH3 is 1. The molecule has 28 heavy (non-hydrogen) atoms. The molecule has 2 aromatic carbocycles. The van der Waals surface area contributed by atoms with E-state index in [1.807, 2.05) is 31.2 Å². The molecule has 0 fully saturated rings. The Labute approximate surface area is 162 Å². The third-order valence-electron chi connectivity index (χ3n) is 4.14. The minimum absolute atomic E-state index is 0.187. The summed E-state index contributed by atoms with van der Waals surface area (Å²) < 4.78 is 20.8. The smallest absolute Gasteiger partial charge is 0.331 e. The third-order valence-corrected chi connectivity index (χ3v) is 4.14. The zero-order chi connectivity index (χ0) is 19.9. The number of ether oxygens (including phenoxy) is 4. The summed E-state index contributed by atoms with van der Waals surface area (Å²) in [5, 5.41) is 2.78. The molecule has 0 aromatic heterocycles. The Kier molecular flexibility index (Phi) is 6.16. The Morgan fingerprint density at radius 1 is 1.18 bits per heavy atom. The second kappa shape index (κ2) is 8.94. The highest BCUT2D eigenvalue weighted by molar-refractivity contribution is 5.89. The zero-order valence-corrected chi connectivity index (χ0v) is 15.6. The van der Waals surface area contributed by atoms with Gasteiger partial charge >= 0.3 is 5.97 Å². The SMILES string of the molecule is COc1ccccc1C(C)NC(=O)COC(=O)/C=C/c1ccc2c(c1)OCO2. The number of esters is 1. The molecule has 0 aliphatic carbocycles. The van der Waals surface area contributed by atoms with Gasteiger partial charge in [0.25, 0.3) is 5.91 Å². The van der Waals surface area contributed by atoms with Crippen molar-refractivity contribution in [3.63, 3.8) is 0 Å². The van der Waals surface area contributed by atoms with E-state index in [-0.39, 0.29) is 19.4 Å². The van der Waals surface area contributed by atoms with Gasteiger partial charge in [0.2, 0.25) is 6.79 Å². The summed E-state index contributed by atoms with van der Waals surface area (Å²) in [6.07, 6.45) is 2.84. The maximum atomic E-state index is 12.0. The Morgan fingerprint density at radius 3 is 2.79 bits per heavy atom. The minimum atomic E-state index is -0.613. The molecule has 1 amide bonds. The number of hydrogen-bond donors (Lipinski definition) is 1. The average molecular weight is 383 g/mol. The fourth-order valence-corrected chi connectivity index (χ4v) is 2.75. The van der Waals surface area contributed by atoms with Crippen LogP contribution in [0.2, 0.25) is 0 Å². The summed E-state index contributed by atoms with van der Waals surface area (Å²) in [5.41, 5.74) is 1.60. The summed E-state index contributed by atoms with van der Waals surface area (Å²) in [6.45, 7) is 1.65. The molecule has 2 aromatic rings. The van der Waals surface area contributed by atoms with Gasteiger partial charge in [-0.15, -0.1) is 0 Å². The first-order chi connectivity index (χ1) is 13.6. The second-order valence-corrected chi connectivity index (χ2v) is 6.08. The van der Waals surface area contributed by atoms with E-state index < -0.39 is 11.9 Å². The molecular formula is C21H21NO6. The van der Waals surface area contributed by atoms with Gasteiger partial charge in [0.05, 0.1) is 13.2 Å². The molecular weight excluding hydrogens is 362 g/mol. The number of rotatable bonds is 7. The van der Waals surface area contributed by atoms with Crippen LogP contribution in [-0.4, -0.2) is 32.4 Å². The van der Waals surface area contributed by atoms with Crippen molar-refractivity contribution in [2.75, 3.05) is 20.5 Å². The van der Waals surface area contributed by atoms with Crippen molar-refractivity contribution in [1.82, 2.24) is 5.32 Å². The molecule has 1 aliphatic heterocycles. The van der Waals surface area contributed by atoms with Crippen LogP contribution >= 0.6 is 0 Å². The highest BCUT2D eigenvalue weighted by Crippen LogP contribution is 2.32. The van der Waals surface area contributed by atoms with E-state index in [1.165, 1.54) is 6.08 Å². The van der Waals surface area contributed by atoms with Crippen molar-refractivity contribution < 1.29 is 28.5 Å². The summed E-state index contributed by atoms with van der Waals surface area (Å²) in [5.74, 6) is 0.959. The Bertz CT molecular complexity index is 892. The van der Waals surface area contributed by atoms with E-state index in [1.54, 1.807) is 31.4 Å². The van der Waals surface area contributed by atoms with Crippen molar-refractivity contribution in [2.45, 2.75) is 13.0 Å². The molecule has 1 heterocycles. The number of nitrogens with one attached hydrogen (secondary N) is 1. The van der Waals surface area contributed by atoms with Crippen molar-refractivity contribution in [3.8, 4) is 17.2 Å². The predicted molar refractivity (Wildman–Crippen MR) is 102 cm³/mol. The van der Waals surface area contributed by atoms with Crippen LogP contribution in [0.15, 0.2) is 48.5 Å². The van der Waals surface area contributed by atoms with Crippen LogP contribution in [-0.2, 0) is 14.3 Å². The molecule has 0 bridgehead atoms. The average Bonchev–Trinajstić information content (AvgIpc) is 3.18. The molecule has 1 atom stereocenters. The molecule has 1 aliphatic rings. The summed E-state index contributed by atoms with van der Waals surface area (Å²) in [6, 6.07) is 12.4. The Morgan fingerprint density at radius 2 is 1.96 bits per heavy atom. The molecule has 7 nitrogen and oxygen atoms in total. The molecule has 0 saturated carbocycles. The number of amides is 1. The molecule has 146 valence electrons. The van der Waals surface area contributed by atoms with Crippen LogP contribution < -0.4 is 19.5 Å². The van der Waals surface area contributed by atoms with Gasteiger partial charge in [-0.25, -0.2) is 4.79 Å². The maximum absolute atomic E-state index is 12.0. The number of carbonyl (C=O) groups is 2. The van der Waals surface area contributed by atoms with Crippen LogP contribution in [0.1, 0.15) is 24.1 Å². The zero-order valence-electron chi connectivity index (χ0n) is 15.6. The van der Waals surface area contributed by atoms with Gasteiger partial charge in [-0.05, 0) is 36.8 Å². The van der Waals surface area contributed by atoms with Crippen molar-refractivity contribution in [3.05, 3.63) is 59.7 Å². The van der Waals surface area contributed by atoms with Gasteiger partial charge < -0.3 is 24.3 Å². The lowest BCUT2D eigenvalue weighted by Crippen LogP contribution is -2.31. The van der Waals surface area contributed by atoms with E-state index in [2.05, 4.69) is 5.32 Å². The standard InChI is InChI=1S/C21H21NO6/c1-14(16-5-3-4-6-17(16)25-2)22-20(23)12-26-21(24)10-8-15-7-9-18-19(11-15)28-13-27-18/h3-11,14H,12-13H2,1-2H3,(H,22,23)/b10-8+. The molecule has 0 spiro atoms. The van der Waals surface area contributed by atoms with Crippen molar-refractivity contribution >= 4 is 18.0 Å². The molecule has 0 radical (unpaired) electrons. The second-order valence-electron chi connectivity index (χ2n) is 6.08. The Balaban J connectivity index is 1.48. The van der Waals surface area contributed by atoms with Crippen LogP contribution in [0.3, 0.4) is 0 Å². The van der Waals surface area contributed by atoms with Crippen molar-refractivity contribution in [1.29, 1.82) is 0 Å². The van der Waals surface area contributed by atoms with E-state index in [4.69, 9.17) is 18.9 Å². The fraction of sp³-hybridized carbons (Fsp3) is 0.238. The summed E-state index contributed by atoms with van der Waals surface area (Å²) >= 11 is 0. The third kappa shape index (κ3) is 4.82. The number of fused-ring (bicyclic) bond motifs is 1. The van der Waals surface area contributed by atoms with E-state index in [9.17, 15) is 9.59 Å². The van der Waals surface area contributed by atoms with Crippen LogP contribution in [0, 0.1) is 0 Å².